The Morgan fingerprint density at radius 2 is 1.58 bits per heavy atom. The summed E-state index contributed by atoms with van der Waals surface area (Å²) in [6.07, 6.45) is -2.78. The van der Waals surface area contributed by atoms with Crippen molar-refractivity contribution >= 4 is 10.4 Å². The Kier molecular flexibility index (Phi) is 11.1. The fourth-order valence-electron chi connectivity index (χ4n) is 4.42. The Morgan fingerprint density at radius 1 is 1.06 bits per heavy atom. The van der Waals surface area contributed by atoms with Crippen LogP contribution in [0.4, 0.5) is 0 Å². The molecule has 16 nitrogen and oxygen atoms in total. The maximum absolute atomic E-state index is 11.0. The van der Waals surface area contributed by atoms with E-state index in [1.54, 1.807) is 26.1 Å². The topological polar surface area (TPSA) is 288 Å². The highest BCUT2D eigenvalue weighted by Crippen LogP contribution is 2.30. The van der Waals surface area contributed by atoms with E-state index < -0.39 is 77.2 Å². The second kappa shape index (κ2) is 12.8. The molecule has 0 aromatic heterocycles. The van der Waals surface area contributed by atoms with Crippen LogP contribution in [0, 0.1) is 0 Å². The number of ether oxygens (including phenoxy) is 4. The quantitative estimate of drug-likeness (QED) is 0.110. The molecule has 1 saturated heterocycles. The number of likely N-dealkylation sites (N-methyl/N-ethyl adjacent to an activating group) is 1. The van der Waals surface area contributed by atoms with Gasteiger partial charge in [0, 0.05) is 18.6 Å². The molecule has 212 valence electrons. The van der Waals surface area contributed by atoms with Gasteiger partial charge in [0.1, 0.15) is 30.0 Å². The van der Waals surface area contributed by atoms with Gasteiger partial charge in [-0.3, -0.25) is 9.11 Å². The van der Waals surface area contributed by atoms with Crippen LogP contribution in [0.1, 0.15) is 13.3 Å². The van der Waals surface area contributed by atoms with Crippen LogP contribution in [0.15, 0.2) is 12.2 Å². The van der Waals surface area contributed by atoms with Crippen molar-refractivity contribution in [1.82, 2.24) is 5.32 Å². The summed E-state index contributed by atoms with van der Waals surface area (Å²) in [5.41, 5.74) is 22.8. The molecule has 0 aromatic rings. The highest BCUT2D eigenvalue weighted by Gasteiger charge is 2.50. The lowest BCUT2D eigenvalue weighted by atomic mass is 9.84. The van der Waals surface area contributed by atoms with Gasteiger partial charge < -0.3 is 62.5 Å². The lowest BCUT2D eigenvalue weighted by Crippen LogP contribution is -2.68. The van der Waals surface area contributed by atoms with Gasteiger partial charge in [0.25, 0.3) is 0 Å². The Balaban J connectivity index is 0.000000830. The summed E-state index contributed by atoms with van der Waals surface area (Å²) in [6, 6.07) is -2.48. The van der Waals surface area contributed by atoms with E-state index in [2.05, 4.69) is 5.32 Å². The third-order valence-electron chi connectivity index (χ3n) is 6.19. The second-order valence-electron chi connectivity index (χ2n) is 9.24. The van der Waals surface area contributed by atoms with Crippen molar-refractivity contribution in [3.63, 3.8) is 0 Å². The standard InChI is InChI=1S/C19H37N5O7.H2O4S/c1-19(27)7-28-18(13(26)16(19)24-2)31-15-11(23)5-10(22)14(12(15)25)30-17-9(21)4-3-8(6-20)29-17;1-5(2,3)4/h3-4,8-18,24-27H,5-7,20-23H2,1-2H3;(H2,1,2,3,4)/t8-,9+,10+,11-,12+,13+,14-,15+,16+,17+,18+,19-;/m0./s1. The molecule has 0 aromatic carbocycles. The molecular formula is C19H39N5O11S. The first-order valence-electron chi connectivity index (χ1n) is 11.3. The largest absolute Gasteiger partial charge is 0.394 e. The van der Waals surface area contributed by atoms with Gasteiger partial charge in [-0.25, -0.2) is 0 Å². The molecule has 1 aliphatic carbocycles. The van der Waals surface area contributed by atoms with E-state index in [1.165, 1.54) is 0 Å². The number of hydrogen-bond donors (Lipinski definition) is 10. The van der Waals surface area contributed by atoms with Crippen LogP contribution < -0.4 is 28.3 Å². The molecule has 17 heteroatoms. The Bertz CT molecular complexity index is 827. The van der Waals surface area contributed by atoms with E-state index in [0.717, 1.165) is 0 Å². The van der Waals surface area contributed by atoms with Crippen LogP contribution in [0.3, 0.4) is 0 Å². The third-order valence-corrected chi connectivity index (χ3v) is 6.19. The number of hydrogen-bond acceptors (Lipinski definition) is 14. The van der Waals surface area contributed by atoms with Gasteiger partial charge in [0.15, 0.2) is 12.6 Å². The summed E-state index contributed by atoms with van der Waals surface area (Å²) in [5.74, 6) is 0. The normalized spacial score (nSPS) is 45.6. The first-order chi connectivity index (χ1) is 16.6. The molecular weight excluding hydrogens is 506 g/mol. The fourth-order valence-corrected chi connectivity index (χ4v) is 4.42. The van der Waals surface area contributed by atoms with Gasteiger partial charge in [-0.2, -0.15) is 8.42 Å². The van der Waals surface area contributed by atoms with Crippen LogP contribution in [0.2, 0.25) is 0 Å². The maximum Gasteiger partial charge on any atom is 0.394 e. The van der Waals surface area contributed by atoms with Gasteiger partial charge in [-0.1, -0.05) is 12.2 Å². The van der Waals surface area contributed by atoms with Gasteiger partial charge in [-0.15, -0.1) is 0 Å². The molecule has 14 N–H and O–H groups in total. The van der Waals surface area contributed by atoms with E-state index in [0.29, 0.717) is 6.42 Å². The van der Waals surface area contributed by atoms with Gasteiger partial charge >= 0.3 is 10.4 Å². The van der Waals surface area contributed by atoms with Crippen molar-refractivity contribution < 1.29 is 51.8 Å². The summed E-state index contributed by atoms with van der Waals surface area (Å²) >= 11 is 0. The Hall–Kier alpha value is -0.870. The number of aliphatic hydroxyl groups excluding tert-OH is 2. The highest BCUT2D eigenvalue weighted by molar-refractivity contribution is 7.79. The fraction of sp³-hybridized carbons (Fsp3) is 0.895. The van der Waals surface area contributed by atoms with Crippen molar-refractivity contribution in [2.24, 2.45) is 22.9 Å². The molecule has 36 heavy (non-hydrogen) atoms. The number of rotatable bonds is 6. The average Bonchev–Trinajstić information content (AvgIpc) is 2.75. The molecule has 2 aliphatic heterocycles. The lowest BCUT2D eigenvalue weighted by Gasteiger charge is -2.48. The zero-order valence-corrected chi connectivity index (χ0v) is 20.8. The number of nitrogens with two attached hydrogens (primary N) is 4. The monoisotopic (exact) mass is 545 g/mol. The predicted molar refractivity (Wildman–Crippen MR) is 125 cm³/mol. The zero-order chi connectivity index (χ0) is 27.4. The zero-order valence-electron chi connectivity index (χ0n) is 20.0. The summed E-state index contributed by atoms with van der Waals surface area (Å²) < 4.78 is 54.7. The Morgan fingerprint density at radius 3 is 2.08 bits per heavy atom. The molecule has 3 aliphatic rings. The van der Waals surface area contributed by atoms with E-state index in [9.17, 15) is 15.3 Å². The minimum Gasteiger partial charge on any atom is -0.388 e. The minimum atomic E-state index is -4.67. The number of aliphatic hydroxyl groups is 3. The lowest BCUT2D eigenvalue weighted by molar-refractivity contribution is -0.304. The summed E-state index contributed by atoms with van der Waals surface area (Å²) in [5, 5.41) is 34.9. The van der Waals surface area contributed by atoms with Gasteiger partial charge in [-0.05, 0) is 20.4 Å². The van der Waals surface area contributed by atoms with Gasteiger partial charge in [0.2, 0.25) is 0 Å². The van der Waals surface area contributed by atoms with Crippen LogP contribution in [-0.2, 0) is 29.3 Å². The molecule has 12 atom stereocenters. The molecule has 0 spiro atoms. The van der Waals surface area contributed by atoms with E-state index >= 15 is 0 Å². The summed E-state index contributed by atoms with van der Waals surface area (Å²) in [4.78, 5) is 0. The molecule has 0 radical (unpaired) electrons. The molecule has 2 fully saturated rings. The van der Waals surface area contributed by atoms with Crippen molar-refractivity contribution in [3.8, 4) is 0 Å². The van der Waals surface area contributed by atoms with E-state index in [1.807, 2.05) is 0 Å². The average molecular weight is 546 g/mol. The summed E-state index contributed by atoms with van der Waals surface area (Å²) in [6.45, 7) is 1.73. The smallest absolute Gasteiger partial charge is 0.388 e. The van der Waals surface area contributed by atoms with Gasteiger partial charge in [0.05, 0.1) is 24.8 Å². The first kappa shape index (κ1) is 31.3. The highest BCUT2D eigenvalue weighted by atomic mass is 32.3. The molecule has 1 saturated carbocycles. The van der Waals surface area contributed by atoms with Crippen LogP contribution in [0.25, 0.3) is 0 Å². The SMILES string of the molecule is CN[C@@H]1[C@@H](O)[C@@H](O[C@H]2[C@H](O)[C@@H](O[C@H]3O[C@H](CN)C=C[C@H]3N)[C@H](N)C[C@@H]2N)OC[C@]1(C)O.O=S(=O)(O)O. The number of nitrogens with one attached hydrogen (secondary N) is 1. The van der Waals surface area contributed by atoms with Crippen molar-refractivity contribution in [2.45, 2.75) is 86.2 Å². The molecule has 3 rings (SSSR count). The first-order valence-corrected chi connectivity index (χ1v) is 12.7. The van der Waals surface area contributed by atoms with Crippen LogP contribution >= 0.6 is 0 Å². The minimum absolute atomic E-state index is 0.0741. The third kappa shape index (κ3) is 8.32. The maximum atomic E-state index is 11.0. The second-order valence-corrected chi connectivity index (χ2v) is 10.1. The molecule has 0 amide bonds. The molecule has 2 heterocycles. The van der Waals surface area contributed by atoms with Crippen LogP contribution in [-0.4, -0.2) is 126 Å². The van der Waals surface area contributed by atoms with Crippen molar-refractivity contribution in [3.05, 3.63) is 12.2 Å². The Labute approximate surface area is 209 Å². The predicted octanol–water partition coefficient (Wildman–Crippen LogP) is -4.85. The van der Waals surface area contributed by atoms with E-state index in [-0.39, 0.29) is 19.3 Å². The summed E-state index contributed by atoms with van der Waals surface area (Å²) in [7, 11) is -3.05. The van der Waals surface area contributed by atoms with Crippen molar-refractivity contribution in [1.29, 1.82) is 0 Å². The molecule has 0 unspecified atom stereocenters. The van der Waals surface area contributed by atoms with Crippen molar-refractivity contribution in [2.75, 3.05) is 20.2 Å². The van der Waals surface area contributed by atoms with Crippen LogP contribution in [0.5, 0.6) is 0 Å². The molecule has 0 bridgehead atoms. The van der Waals surface area contributed by atoms with E-state index in [4.69, 9.17) is 59.4 Å².